The summed E-state index contributed by atoms with van der Waals surface area (Å²) in [6.07, 6.45) is 1.12. The fourth-order valence-corrected chi connectivity index (χ4v) is 3.52. The summed E-state index contributed by atoms with van der Waals surface area (Å²) in [5, 5.41) is 2.42. The van der Waals surface area contributed by atoms with Crippen LogP contribution in [0.3, 0.4) is 0 Å². The summed E-state index contributed by atoms with van der Waals surface area (Å²) in [7, 11) is 0. The minimum absolute atomic E-state index is 0.223. The van der Waals surface area contributed by atoms with Gasteiger partial charge in [-0.25, -0.2) is 4.98 Å². The largest absolute Gasteiger partial charge is 0.441 e. The Hall–Kier alpha value is -2.21. The molecule has 0 spiro atoms. The molecule has 1 atom stereocenters. The minimum Gasteiger partial charge on any atom is -0.441 e. The predicted molar refractivity (Wildman–Crippen MR) is 103 cm³/mol. The molecule has 26 heavy (non-hydrogen) atoms. The zero-order valence-electron chi connectivity index (χ0n) is 15.1. The van der Waals surface area contributed by atoms with Gasteiger partial charge < -0.3 is 14.9 Å². The normalized spacial score (nSPS) is 18.5. The number of nitrogens with zero attached hydrogens (tertiary/aromatic N) is 2. The maximum absolute atomic E-state index is 5.98. The second-order valence-corrected chi connectivity index (χ2v) is 6.89. The third-order valence-corrected chi connectivity index (χ3v) is 4.97. The number of hydrogen-bond acceptors (Lipinski definition) is 5. The summed E-state index contributed by atoms with van der Waals surface area (Å²) in [5.41, 5.74) is 7.68. The molecule has 0 saturated carbocycles. The molecule has 1 saturated heterocycles. The monoisotopic (exact) mass is 351 g/mol. The van der Waals surface area contributed by atoms with Crippen molar-refractivity contribution in [3.63, 3.8) is 0 Å². The number of ether oxygens (including phenoxy) is 1. The van der Waals surface area contributed by atoms with Crippen LogP contribution in [0.4, 0.5) is 0 Å². The quantitative estimate of drug-likeness (QED) is 0.764. The summed E-state index contributed by atoms with van der Waals surface area (Å²) in [4.78, 5) is 7.15. The molecule has 4 rings (SSSR count). The molecule has 2 heterocycles. The molecule has 136 valence electrons. The third-order valence-electron chi connectivity index (χ3n) is 4.97. The summed E-state index contributed by atoms with van der Waals surface area (Å²) in [6.45, 7) is 6.00. The van der Waals surface area contributed by atoms with Gasteiger partial charge in [0.2, 0.25) is 5.89 Å². The van der Waals surface area contributed by atoms with Crippen LogP contribution in [-0.2, 0) is 11.3 Å². The van der Waals surface area contributed by atoms with E-state index in [-0.39, 0.29) is 6.10 Å². The lowest BCUT2D eigenvalue weighted by Gasteiger charge is -2.32. The fraction of sp³-hybridized carbons (Fsp3) is 0.381. The Kier molecular flexibility index (Phi) is 5.02. The van der Waals surface area contributed by atoms with Crippen molar-refractivity contribution in [1.29, 1.82) is 0 Å². The van der Waals surface area contributed by atoms with Crippen molar-refractivity contribution in [1.82, 2.24) is 9.88 Å². The van der Waals surface area contributed by atoms with Gasteiger partial charge in [0.1, 0.15) is 5.76 Å². The van der Waals surface area contributed by atoms with Crippen LogP contribution in [0.1, 0.15) is 17.9 Å². The molecule has 1 fully saturated rings. The molecule has 2 N–H and O–H groups in total. The number of aromatic nitrogens is 1. The van der Waals surface area contributed by atoms with Crippen LogP contribution < -0.4 is 5.73 Å². The highest BCUT2D eigenvalue weighted by Gasteiger charge is 2.22. The Labute approximate surface area is 153 Å². The molecule has 1 aliphatic heterocycles. The van der Waals surface area contributed by atoms with Crippen LogP contribution in [-0.4, -0.2) is 42.2 Å². The van der Waals surface area contributed by atoms with Gasteiger partial charge in [0, 0.05) is 25.2 Å². The third kappa shape index (κ3) is 3.65. The molecule has 1 aromatic heterocycles. The van der Waals surface area contributed by atoms with Crippen LogP contribution in [0.15, 0.2) is 46.9 Å². The summed E-state index contributed by atoms with van der Waals surface area (Å²) in [5.74, 6) is 1.57. The second-order valence-electron chi connectivity index (χ2n) is 6.89. The van der Waals surface area contributed by atoms with E-state index in [1.54, 1.807) is 0 Å². The molecular formula is C21H25N3O2. The van der Waals surface area contributed by atoms with E-state index in [0.29, 0.717) is 12.4 Å². The van der Waals surface area contributed by atoms with Gasteiger partial charge in [0.05, 0.1) is 18.4 Å². The van der Waals surface area contributed by atoms with Crippen molar-refractivity contribution in [2.45, 2.75) is 26.0 Å². The van der Waals surface area contributed by atoms with Crippen LogP contribution >= 0.6 is 0 Å². The van der Waals surface area contributed by atoms with Crippen molar-refractivity contribution >= 4 is 10.8 Å². The first-order valence-electron chi connectivity index (χ1n) is 9.22. The second kappa shape index (κ2) is 7.58. The predicted octanol–water partition coefficient (Wildman–Crippen LogP) is 3.35. The first-order chi connectivity index (χ1) is 12.7. The minimum atomic E-state index is 0.223. The first-order valence-corrected chi connectivity index (χ1v) is 9.22. The Balaban J connectivity index is 1.53. The highest BCUT2D eigenvalue weighted by molar-refractivity contribution is 5.86. The number of nitrogens with two attached hydrogens (primary N) is 1. The van der Waals surface area contributed by atoms with Gasteiger partial charge in [-0.3, -0.25) is 4.90 Å². The zero-order valence-corrected chi connectivity index (χ0v) is 15.1. The van der Waals surface area contributed by atoms with E-state index in [1.807, 2.05) is 6.92 Å². The van der Waals surface area contributed by atoms with Gasteiger partial charge in [-0.1, -0.05) is 30.3 Å². The highest BCUT2D eigenvalue weighted by atomic mass is 16.5. The Morgan fingerprint density at radius 3 is 2.88 bits per heavy atom. The van der Waals surface area contributed by atoms with Crippen molar-refractivity contribution < 1.29 is 9.15 Å². The van der Waals surface area contributed by atoms with Gasteiger partial charge in [-0.15, -0.1) is 0 Å². The number of aryl methyl sites for hydroxylation is 1. The fourth-order valence-electron chi connectivity index (χ4n) is 3.52. The summed E-state index contributed by atoms with van der Waals surface area (Å²) >= 11 is 0. The number of hydrogen-bond donors (Lipinski definition) is 1. The summed E-state index contributed by atoms with van der Waals surface area (Å²) in [6, 6.07) is 14.6. The van der Waals surface area contributed by atoms with E-state index in [9.17, 15) is 0 Å². The summed E-state index contributed by atoms with van der Waals surface area (Å²) < 4.78 is 11.7. The van der Waals surface area contributed by atoms with E-state index < -0.39 is 0 Å². The average molecular weight is 351 g/mol. The molecule has 1 unspecified atom stereocenters. The molecule has 0 aliphatic carbocycles. The Bertz CT molecular complexity index is 888. The van der Waals surface area contributed by atoms with Crippen LogP contribution in [0.25, 0.3) is 22.2 Å². The van der Waals surface area contributed by atoms with Crippen LogP contribution in [0.2, 0.25) is 0 Å². The highest BCUT2D eigenvalue weighted by Crippen LogP contribution is 2.26. The first kappa shape index (κ1) is 17.2. The molecule has 2 aromatic carbocycles. The SMILES string of the molecule is Cc1oc(-c2ccc3ccccc3c2)nc1CN1CCOC(CCN)C1. The van der Waals surface area contributed by atoms with E-state index in [4.69, 9.17) is 19.9 Å². The van der Waals surface area contributed by atoms with Crippen molar-refractivity contribution in [3.8, 4) is 11.5 Å². The molecule has 5 nitrogen and oxygen atoms in total. The average Bonchev–Trinajstić information content (AvgIpc) is 3.02. The number of oxazole rings is 1. The molecule has 5 heteroatoms. The van der Waals surface area contributed by atoms with Crippen LogP contribution in [0.5, 0.6) is 0 Å². The number of rotatable bonds is 5. The van der Waals surface area contributed by atoms with E-state index >= 15 is 0 Å². The molecular weight excluding hydrogens is 326 g/mol. The van der Waals surface area contributed by atoms with E-state index in [1.165, 1.54) is 10.8 Å². The molecule has 1 aliphatic rings. The lowest BCUT2D eigenvalue weighted by atomic mass is 10.1. The van der Waals surface area contributed by atoms with Crippen LogP contribution in [0, 0.1) is 6.92 Å². The molecule has 0 radical (unpaired) electrons. The van der Waals surface area contributed by atoms with Gasteiger partial charge in [-0.05, 0) is 42.8 Å². The van der Waals surface area contributed by atoms with Gasteiger partial charge in [-0.2, -0.15) is 0 Å². The van der Waals surface area contributed by atoms with Crippen molar-refractivity contribution in [2.75, 3.05) is 26.2 Å². The number of morpholine rings is 1. The van der Waals surface area contributed by atoms with Gasteiger partial charge >= 0.3 is 0 Å². The molecule has 3 aromatic rings. The smallest absolute Gasteiger partial charge is 0.226 e. The Morgan fingerprint density at radius 1 is 1.19 bits per heavy atom. The maximum Gasteiger partial charge on any atom is 0.226 e. The topological polar surface area (TPSA) is 64.5 Å². The maximum atomic E-state index is 5.98. The standard InChI is InChI=1S/C21H25N3O2/c1-15-20(14-24-10-11-25-19(13-24)8-9-22)23-21(26-15)18-7-6-16-4-2-3-5-17(16)12-18/h2-7,12,19H,8-11,13-14,22H2,1H3. The lowest BCUT2D eigenvalue weighted by molar-refractivity contribution is -0.0339. The Morgan fingerprint density at radius 2 is 2.04 bits per heavy atom. The molecule has 0 amide bonds. The molecule has 0 bridgehead atoms. The van der Waals surface area contributed by atoms with E-state index in [2.05, 4.69) is 47.4 Å². The number of benzene rings is 2. The van der Waals surface area contributed by atoms with Crippen molar-refractivity contribution in [2.24, 2.45) is 5.73 Å². The zero-order chi connectivity index (χ0) is 17.9. The van der Waals surface area contributed by atoms with E-state index in [0.717, 1.165) is 49.7 Å². The lowest BCUT2D eigenvalue weighted by Crippen LogP contribution is -2.42. The van der Waals surface area contributed by atoms with Gasteiger partial charge in [0.15, 0.2) is 0 Å². The van der Waals surface area contributed by atoms with Gasteiger partial charge in [0.25, 0.3) is 0 Å². The van der Waals surface area contributed by atoms with Crippen molar-refractivity contribution in [3.05, 3.63) is 53.9 Å². The number of fused-ring (bicyclic) bond motifs is 1.